The van der Waals surface area contributed by atoms with Crippen LogP contribution in [0, 0.1) is 6.92 Å². The first-order valence-electron chi connectivity index (χ1n) is 13.1. The van der Waals surface area contributed by atoms with Crippen LogP contribution in [-0.4, -0.2) is 44.8 Å². The summed E-state index contributed by atoms with van der Waals surface area (Å²) in [4.78, 5) is 29.0. The van der Waals surface area contributed by atoms with E-state index in [1.165, 1.54) is 36.2 Å². The third-order valence-electron chi connectivity index (χ3n) is 6.78. The van der Waals surface area contributed by atoms with Crippen molar-refractivity contribution in [3.8, 4) is 0 Å². The van der Waals surface area contributed by atoms with Crippen LogP contribution in [0.5, 0.6) is 0 Å². The summed E-state index contributed by atoms with van der Waals surface area (Å²) < 4.78 is 29.1. The van der Waals surface area contributed by atoms with E-state index >= 15 is 0 Å². The summed E-state index contributed by atoms with van der Waals surface area (Å²) in [5, 5.41) is 3.08. The Hall–Kier alpha value is -4.14. The molecule has 4 aromatic carbocycles. The normalized spacial score (nSPS) is 11.9. The van der Waals surface area contributed by atoms with Crippen molar-refractivity contribution in [3.05, 3.63) is 131 Å². The average Bonchev–Trinajstić information content (AvgIpc) is 2.99. The minimum absolute atomic E-state index is 0.000278. The monoisotopic (exact) mass is 589 g/mol. The second kappa shape index (κ2) is 13.5. The number of hydrogen-bond donors (Lipinski definition) is 1. The van der Waals surface area contributed by atoms with Crippen LogP contribution < -0.4 is 9.62 Å². The SMILES string of the molecule is CNC(=O)[C@H](Cc1ccccc1)N(Cc1ccccc1)C(=O)CN(c1ccccc1C)S(=O)(=O)c1ccc(Cl)cc1. The van der Waals surface area contributed by atoms with Gasteiger partial charge in [0.1, 0.15) is 12.6 Å². The van der Waals surface area contributed by atoms with E-state index in [4.69, 9.17) is 11.6 Å². The number of carbonyl (C=O) groups excluding carboxylic acids is 2. The molecule has 0 saturated heterocycles. The summed E-state index contributed by atoms with van der Waals surface area (Å²) in [6.07, 6.45) is 0.257. The van der Waals surface area contributed by atoms with E-state index in [0.29, 0.717) is 16.3 Å². The van der Waals surface area contributed by atoms with E-state index in [-0.39, 0.29) is 23.8 Å². The highest BCUT2D eigenvalue weighted by molar-refractivity contribution is 7.92. The van der Waals surface area contributed by atoms with Crippen LogP contribution in [0.15, 0.2) is 114 Å². The number of aryl methyl sites for hydroxylation is 1. The van der Waals surface area contributed by atoms with E-state index in [0.717, 1.165) is 15.4 Å². The zero-order chi connectivity index (χ0) is 29.4. The van der Waals surface area contributed by atoms with Gasteiger partial charge >= 0.3 is 0 Å². The Kier molecular flexibility index (Phi) is 9.81. The maximum atomic E-state index is 14.2. The second-order valence-corrected chi connectivity index (χ2v) is 11.9. The molecule has 0 bridgehead atoms. The molecular weight excluding hydrogens is 558 g/mol. The highest BCUT2D eigenvalue weighted by atomic mass is 35.5. The van der Waals surface area contributed by atoms with E-state index in [1.807, 2.05) is 60.7 Å². The van der Waals surface area contributed by atoms with Gasteiger partial charge in [0, 0.05) is 25.0 Å². The zero-order valence-electron chi connectivity index (χ0n) is 22.9. The number of amides is 2. The summed E-state index contributed by atoms with van der Waals surface area (Å²) in [7, 11) is -2.65. The summed E-state index contributed by atoms with van der Waals surface area (Å²) in [5.74, 6) is -0.861. The van der Waals surface area contributed by atoms with Gasteiger partial charge in [-0.2, -0.15) is 0 Å². The lowest BCUT2D eigenvalue weighted by molar-refractivity contribution is -0.139. The standard InChI is InChI=1S/C32H32ClN3O4S/c1-24-11-9-10-16-29(24)36(41(39,40)28-19-17-27(33)18-20-28)23-31(37)35(22-26-14-7-4-8-15-26)30(32(38)34-2)21-25-12-5-3-6-13-25/h3-20,30H,21-23H2,1-2H3,(H,34,38)/t30-/m0/s1. The van der Waals surface area contributed by atoms with Gasteiger partial charge in [-0.25, -0.2) is 8.42 Å². The maximum absolute atomic E-state index is 14.2. The number of benzene rings is 4. The van der Waals surface area contributed by atoms with Crippen molar-refractivity contribution in [1.29, 1.82) is 0 Å². The second-order valence-electron chi connectivity index (χ2n) is 9.58. The number of para-hydroxylation sites is 1. The topological polar surface area (TPSA) is 86.8 Å². The van der Waals surface area contributed by atoms with Crippen molar-refractivity contribution in [2.24, 2.45) is 0 Å². The molecule has 0 aromatic heterocycles. The van der Waals surface area contributed by atoms with Gasteiger partial charge in [-0.1, -0.05) is 90.5 Å². The van der Waals surface area contributed by atoms with Gasteiger partial charge in [0.25, 0.3) is 10.0 Å². The molecule has 0 aliphatic rings. The molecule has 0 spiro atoms. The highest BCUT2D eigenvalue weighted by Gasteiger charge is 2.34. The number of nitrogens with zero attached hydrogens (tertiary/aromatic N) is 2. The van der Waals surface area contributed by atoms with Gasteiger partial charge in [0.2, 0.25) is 11.8 Å². The molecule has 0 aliphatic carbocycles. The summed E-state index contributed by atoms with van der Waals surface area (Å²) in [6.45, 7) is 1.40. The zero-order valence-corrected chi connectivity index (χ0v) is 24.5. The minimum atomic E-state index is -4.18. The van der Waals surface area contributed by atoms with Gasteiger partial charge in [-0.15, -0.1) is 0 Å². The van der Waals surface area contributed by atoms with Crippen LogP contribution in [0.4, 0.5) is 5.69 Å². The number of halogens is 1. The van der Waals surface area contributed by atoms with Gasteiger partial charge in [0.05, 0.1) is 10.6 Å². The number of sulfonamides is 1. The van der Waals surface area contributed by atoms with Gasteiger partial charge in [-0.3, -0.25) is 13.9 Å². The van der Waals surface area contributed by atoms with Crippen LogP contribution in [-0.2, 0) is 32.6 Å². The first kappa shape index (κ1) is 29.8. The van der Waals surface area contributed by atoms with Crippen molar-refractivity contribution >= 4 is 39.1 Å². The quantitative estimate of drug-likeness (QED) is 0.260. The Balaban J connectivity index is 1.78. The molecular formula is C32H32ClN3O4S. The van der Waals surface area contributed by atoms with Crippen LogP contribution in [0.25, 0.3) is 0 Å². The lowest BCUT2D eigenvalue weighted by atomic mass is 10.0. The molecule has 4 rings (SSSR count). The lowest BCUT2D eigenvalue weighted by Gasteiger charge is -2.34. The van der Waals surface area contributed by atoms with E-state index in [1.54, 1.807) is 31.2 Å². The van der Waals surface area contributed by atoms with Crippen molar-refractivity contribution in [1.82, 2.24) is 10.2 Å². The molecule has 0 aliphatic heterocycles. The van der Waals surface area contributed by atoms with Crippen LogP contribution in [0.2, 0.25) is 5.02 Å². The molecule has 4 aromatic rings. The average molecular weight is 590 g/mol. The molecule has 212 valence electrons. The van der Waals surface area contributed by atoms with Crippen LogP contribution >= 0.6 is 11.6 Å². The van der Waals surface area contributed by atoms with Crippen molar-refractivity contribution < 1.29 is 18.0 Å². The Morgan fingerprint density at radius 1 is 0.805 bits per heavy atom. The van der Waals surface area contributed by atoms with Gasteiger partial charge in [-0.05, 0) is 53.9 Å². The molecule has 0 radical (unpaired) electrons. The molecule has 1 atom stereocenters. The minimum Gasteiger partial charge on any atom is -0.357 e. The third kappa shape index (κ3) is 7.34. The highest BCUT2D eigenvalue weighted by Crippen LogP contribution is 2.28. The molecule has 41 heavy (non-hydrogen) atoms. The Morgan fingerprint density at radius 2 is 1.37 bits per heavy atom. The predicted molar refractivity (Wildman–Crippen MR) is 162 cm³/mol. The fraction of sp³-hybridized carbons (Fsp3) is 0.188. The van der Waals surface area contributed by atoms with E-state index in [9.17, 15) is 18.0 Å². The van der Waals surface area contributed by atoms with Crippen molar-refractivity contribution in [2.45, 2.75) is 30.8 Å². The summed E-state index contributed by atoms with van der Waals surface area (Å²) in [5.41, 5.74) is 2.73. The third-order valence-corrected chi connectivity index (χ3v) is 8.80. The smallest absolute Gasteiger partial charge is 0.264 e. The van der Waals surface area contributed by atoms with Crippen molar-refractivity contribution in [3.63, 3.8) is 0 Å². The molecule has 0 saturated carbocycles. The Labute approximate surface area is 246 Å². The molecule has 1 N–H and O–H groups in total. The Bertz CT molecular complexity index is 1580. The van der Waals surface area contributed by atoms with E-state index in [2.05, 4.69) is 5.32 Å². The largest absolute Gasteiger partial charge is 0.357 e. The lowest BCUT2D eigenvalue weighted by Crippen LogP contribution is -2.53. The number of anilines is 1. The molecule has 2 amide bonds. The first-order valence-corrected chi connectivity index (χ1v) is 15.0. The summed E-state index contributed by atoms with van der Waals surface area (Å²) in [6, 6.07) is 30.7. The first-order chi connectivity index (χ1) is 19.7. The maximum Gasteiger partial charge on any atom is 0.264 e. The molecule has 9 heteroatoms. The molecule has 0 heterocycles. The number of nitrogens with one attached hydrogen (secondary N) is 1. The number of likely N-dealkylation sites (N-methyl/N-ethyl adjacent to an activating group) is 1. The van der Waals surface area contributed by atoms with Crippen molar-refractivity contribution in [2.75, 3.05) is 17.9 Å². The Morgan fingerprint density at radius 3 is 1.95 bits per heavy atom. The van der Waals surface area contributed by atoms with Crippen LogP contribution in [0.1, 0.15) is 16.7 Å². The van der Waals surface area contributed by atoms with E-state index < -0.39 is 28.5 Å². The number of carbonyl (C=O) groups is 2. The van der Waals surface area contributed by atoms with Gasteiger partial charge in [0.15, 0.2) is 0 Å². The fourth-order valence-electron chi connectivity index (χ4n) is 4.59. The van der Waals surface area contributed by atoms with Crippen LogP contribution in [0.3, 0.4) is 0 Å². The predicted octanol–water partition coefficient (Wildman–Crippen LogP) is 5.23. The molecule has 7 nitrogen and oxygen atoms in total. The molecule has 0 fully saturated rings. The fourth-order valence-corrected chi connectivity index (χ4v) is 6.20. The number of hydrogen-bond acceptors (Lipinski definition) is 4. The molecule has 0 unspecified atom stereocenters. The summed E-state index contributed by atoms with van der Waals surface area (Å²) >= 11 is 6.02. The van der Waals surface area contributed by atoms with Gasteiger partial charge < -0.3 is 10.2 Å². The number of rotatable bonds is 11.